The number of benzene rings is 2. The van der Waals surface area contributed by atoms with Crippen LogP contribution in [-0.4, -0.2) is 24.4 Å². The van der Waals surface area contributed by atoms with Crippen LogP contribution in [0.15, 0.2) is 30.3 Å². The van der Waals surface area contributed by atoms with E-state index in [2.05, 4.69) is 45.9 Å². The van der Waals surface area contributed by atoms with Gasteiger partial charge in [0.1, 0.15) is 0 Å². The second-order valence-electron chi connectivity index (χ2n) is 5.40. The van der Waals surface area contributed by atoms with E-state index in [4.69, 9.17) is 0 Å². The van der Waals surface area contributed by atoms with Crippen molar-refractivity contribution in [2.24, 2.45) is 0 Å². The average molecular weight is 292 g/mol. The van der Waals surface area contributed by atoms with Gasteiger partial charge < -0.3 is 0 Å². The molecule has 1 unspecified atom stereocenters. The molecule has 0 N–H and O–H groups in total. The van der Waals surface area contributed by atoms with E-state index >= 15 is 0 Å². The molecule has 3 heteroatoms. The first kappa shape index (κ1) is 18.2. The summed E-state index contributed by atoms with van der Waals surface area (Å²) >= 11 is 0. The van der Waals surface area contributed by atoms with Crippen LogP contribution in [0.4, 0.5) is 0 Å². The van der Waals surface area contributed by atoms with Crippen molar-refractivity contribution in [3.63, 3.8) is 0 Å². The summed E-state index contributed by atoms with van der Waals surface area (Å²) in [6, 6.07) is 10.3. The quantitative estimate of drug-likeness (QED) is 0.622. The molecule has 0 spiro atoms. The monoisotopic (exact) mass is 292 g/mol. The summed E-state index contributed by atoms with van der Waals surface area (Å²) in [5, 5.41) is 1.15. The van der Waals surface area contributed by atoms with Gasteiger partial charge in [-0.1, -0.05) is 30.3 Å². The van der Waals surface area contributed by atoms with Crippen molar-refractivity contribution < 1.29 is 4.79 Å². The van der Waals surface area contributed by atoms with Crippen molar-refractivity contribution in [3.05, 3.63) is 63.7 Å². The molecule has 0 aliphatic rings. The molecule has 0 aliphatic heterocycles. The van der Waals surface area contributed by atoms with Crippen LogP contribution in [-0.2, 0) is 0 Å². The van der Waals surface area contributed by atoms with Crippen LogP contribution < -0.4 is 5.30 Å². The number of carbonyl (C=O) groups excluding carboxylic acids is 1. The zero-order valence-corrected chi connectivity index (χ0v) is 13.8. The van der Waals surface area contributed by atoms with Gasteiger partial charge in [-0.3, -0.25) is 4.79 Å². The molecular formula is C18H22LiOP. The normalized spacial score (nSPS) is 10.7. The molecule has 0 saturated carbocycles. The van der Waals surface area contributed by atoms with E-state index in [9.17, 15) is 4.79 Å². The zero-order valence-electron chi connectivity index (χ0n) is 12.8. The Labute approximate surface area is 141 Å². The van der Waals surface area contributed by atoms with Crippen LogP contribution in [0.1, 0.15) is 38.2 Å². The summed E-state index contributed by atoms with van der Waals surface area (Å²) in [4.78, 5) is 12.7. The Kier molecular flexibility index (Phi) is 6.42. The summed E-state index contributed by atoms with van der Waals surface area (Å²) in [5.74, 6) is 0. The van der Waals surface area contributed by atoms with Gasteiger partial charge >= 0.3 is 18.9 Å². The third-order valence-electron chi connectivity index (χ3n) is 3.98. The van der Waals surface area contributed by atoms with Gasteiger partial charge in [0.05, 0.1) is 0 Å². The fourth-order valence-corrected chi connectivity index (χ4v) is 3.75. The molecule has 0 bridgehead atoms. The van der Waals surface area contributed by atoms with Crippen molar-refractivity contribution >= 4 is 38.3 Å². The van der Waals surface area contributed by atoms with Crippen LogP contribution in [0.2, 0.25) is 0 Å². The summed E-state index contributed by atoms with van der Waals surface area (Å²) in [6.07, 6.45) is 0. The van der Waals surface area contributed by atoms with Gasteiger partial charge in [-0.15, -0.1) is 0 Å². The van der Waals surface area contributed by atoms with Gasteiger partial charge in [-0.05, 0) is 76.3 Å². The number of hydrogen-bond acceptors (Lipinski definition) is 1. The van der Waals surface area contributed by atoms with Crippen molar-refractivity contribution in [3.8, 4) is 0 Å². The minimum atomic E-state index is 0. The van der Waals surface area contributed by atoms with Crippen LogP contribution in [0.25, 0.3) is 0 Å². The SMILES string of the molecule is Cc1ccccc1PC(=O)c1c(C)cc(C)c(C)c1C.[LiH]. The van der Waals surface area contributed by atoms with E-state index in [1.165, 1.54) is 16.7 Å². The molecule has 0 heterocycles. The summed E-state index contributed by atoms with van der Waals surface area (Å²) < 4.78 is 0. The van der Waals surface area contributed by atoms with Crippen LogP contribution >= 0.6 is 8.58 Å². The molecule has 2 rings (SSSR count). The van der Waals surface area contributed by atoms with Crippen molar-refractivity contribution in [1.29, 1.82) is 0 Å². The second-order valence-corrected chi connectivity index (χ2v) is 6.65. The predicted molar refractivity (Wildman–Crippen MR) is 96.0 cm³/mol. The fourth-order valence-electron chi connectivity index (χ4n) is 2.53. The van der Waals surface area contributed by atoms with Gasteiger partial charge in [0.2, 0.25) is 0 Å². The standard InChI is InChI=1S/C18H21OP.Li.H/c1-11-8-6-7-9-16(11)20-18(19)17-13(3)10-12(2)14(4)15(17)5;;/h6-10,20H,1-5H3;;. The Balaban J connectivity index is 0.00000220. The number of aryl methyl sites for hydroxylation is 3. The number of hydrogen-bond donors (Lipinski definition) is 0. The third kappa shape index (κ3) is 3.86. The molecule has 0 amide bonds. The Morgan fingerprint density at radius 2 is 1.48 bits per heavy atom. The minimum absolute atomic E-state index is 0. The molecular weight excluding hydrogens is 270 g/mol. The molecule has 2 aromatic rings. The molecule has 21 heavy (non-hydrogen) atoms. The molecule has 106 valence electrons. The topological polar surface area (TPSA) is 17.1 Å². The first-order valence-corrected chi connectivity index (χ1v) is 7.86. The van der Waals surface area contributed by atoms with Crippen molar-refractivity contribution in [2.75, 3.05) is 0 Å². The Bertz CT molecular complexity index is 677. The molecule has 0 saturated heterocycles. The number of carbonyl (C=O) groups is 1. The van der Waals surface area contributed by atoms with E-state index in [-0.39, 0.29) is 33.0 Å². The Morgan fingerprint density at radius 3 is 2.10 bits per heavy atom. The van der Waals surface area contributed by atoms with E-state index in [1.54, 1.807) is 0 Å². The van der Waals surface area contributed by atoms with Gasteiger partial charge in [0.15, 0.2) is 5.52 Å². The zero-order chi connectivity index (χ0) is 14.9. The fraction of sp³-hybridized carbons (Fsp3) is 0.278. The van der Waals surface area contributed by atoms with E-state index in [1.807, 2.05) is 19.1 Å². The van der Waals surface area contributed by atoms with Crippen molar-refractivity contribution in [2.45, 2.75) is 34.6 Å². The molecule has 0 aromatic heterocycles. The number of rotatable bonds is 3. The van der Waals surface area contributed by atoms with Crippen LogP contribution in [0.3, 0.4) is 0 Å². The first-order valence-electron chi connectivity index (χ1n) is 6.86. The van der Waals surface area contributed by atoms with Gasteiger partial charge in [0.25, 0.3) is 0 Å². The summed E-state index contributed by atoms with van der Waals surface area (Å²) in [5.41, 5.74) is 7.07. The van der Waals surface area contributed by atoms with E-state index in [0.717, 1.165) is 22.0 Å². The first-order chi connectivity index (χ1) is 9.41. The van der Waals surface area contributed by atoms with E-state index < -0.39 is 0 Å². The Morgan fingerprint density at radius 1 is 0.857 bits per heavy atom. The molecule has 2 aromatic carbocycles. The Hall–Kier alpha value is -0.863. The third-order valence-corrected chi connectivity index (χ3v) is 5.28. The maximum atomic E-state index is 12.7. The van der Waals surface area contributed by atoms with E-state index in [0.29, 0.717) is 0 Å². The summed E-state index contributed by atoms with van der Waals surface area (Å²) in [7, 11) is 0.202. The van der Waals surface area contributed by atoms with Gasteiger partial charge in [-0.2, -0.15) is 0 Å². The molecule has 1 nitrogen and oxygen atoms in total. The van der Waals surface area contributed by atoms with Crippen molar-refractivity contribution in [1.82, 2.24) is 0 Å². The second kappa shape index (κ2) is 7.42. The molecule has 0 fully saturated rings. The maximum absolute atomic E-state index is 12.7. The predicted octanol–water partition coefficient (Wildman–Crippen LogP) is 3.72. The molecule has 0 aliphatic carbocycles. The molecule has 1 atom stereocenters. The molecule has 0 radical (unpaired) electrons. The van der Waals surface area contributed by atoms with Gasteiger partial charge in [-0.25, -0.2) is 0 Å². The summed E-state index contributed by atoms with van der Waals surface area (Å²) in [6.45, 7) is 10.4. The average Bonchev–Trinajstić information content (AvgIpc) is 2.39. The van der Waals surface area contributed by atoms with Crippen LogP contribution in [0.5, 0.6) is 0 Å². The van der Waals surface area contributed by atoms with Gasteiger partial charge in [0, 0.05) is 5.56 Å². The van der Waals surface area contributed by atoms with Crippen LogP contribution in [0, 0.1) is 34.6 Å².